The van der Waals surface area contributed by atoms with E-state index in [1.54, 1.807) is 36.4 Å². The summed E-state index contributed by atoms with van der Waals surface area (Å²) in [5.74, 6) is -0.743. The van der Waals surface area contributed by atoms with Crippen LogP contribution in [0.25, 0.3) is 6.08 Å². The van der Waals surface area contributed by atoms with E-state index in [0.717, 1.165) is 41.7 Å². The summed E-state index contributed by atoms with van der Waals surface area (Å²) in [6.07, 6.45) is 6.09. The minimum Gasteiger partial charge on any atom is -0.459 e. The highest BCUT2D eigenvalue weighted by molar-refractivity contribution is 6.08. The van der Waals surface area contributed by atoms with Gasteiger partial charge in [0, 0.05) is 5.92 Å². The SMILES string of the molecule is O=C(c1ccco1)N1N=C2/C(=C/c3ccc(F)cc3)CCC[C@@H]2[C@H]1c1ccc(F)cc1. The lowest BCUT2D eigenvalue weighted by atomic mass is 9.77. The number of hydrazone groups is 1. The lowest BCUT2D eigenvalue weighted by molar-refractivity contribution is 0.0648. The van der Waals surface area contributed by atoms with Crippen LogP contribution in [-0.4, -0.2) is 16.6 Å². The number of nitrogens with zero attached hydrogens (tertiary/aromatic N) is 2. The molecule has 0 N–H and O–H groups in total. The molecule has 156 valence electrons. The quantitative estimate of drug-likeness (QED) is 0.524. The summed E-state index contributed by atoms with van der Waals surface area (Å²) in [5.41, 5.74) is 3.59. The number of rotatable bonds is 3. The first kappa shape index (κ1) is 19.4. The molecular formula is C25H20F2N2O2. The highest BCUT2D eigenvalue weighted by atomic mass is 19.1. The lowest BCUT2D eigenvalue weighted by Crippen LogP contribution is -2.31. The summed E-state index contributed by atoms with van der Waals surface area (Å²) in [5, 5.41) is 6.21. The maximum absolute atomic E-state index is 13.6. The van der Waals surface area contributed by atoms with Crippen molar-refractivity contribution in [1.82, 2.24) is 5.01 Å². The van der Waals surface area contributed by atoms with Crippen molar-refractivity contribution in [3.8, 4) is 0 Å². The van der Waals surface area contributed by atoms with Crippen LogP contribution in [0.4, 0.5) is 8.78 Å². The molecule has 31 heavy (non-hydrogen) atoms. The molecule has 1 aromatic heterocycles. The van der Waals surface area contributed by atoms with Gasteiger partial charge in [0.05, 0.1) is 18.0 Å². The molecular weight excluding hydrogens is 398 g/mol. The molecule has 0 saturated heterocycles. The third-order valence-corrected chi connectivity index (χ3v) is 5.86. The maximum Gasteiger partial charge on any atom is 0.310 e. The monoisotopic (exact) mass is 418 g/mol. The molecule has 1 amide bonds. The Labute approximate surface area is 178 Å². The van der Waals surface area contributed by atoms with E-state index in [0.29, 0.717) is 0 Å². The molecule has 2 aliphatic rings. The summed E-state index contributed by atoms with van der Waals surface area (Å²) in [6.45, 7) is 0. The molecule has 0 spiro atoms. The zero-order valence-electron chi connectivity index (χ0n) is 16.7. The van der Waals surface area contributed by atoms with Gasteiger partial charge < -0.3 is 4.42 Å². The van der Waals surface area contributed by atoms with Gasteiger partial charge in [-0.15, -0.1) is 0 Å². The third-order valence-electron chi connectivity index (χ3n) is 5.86. The van der Waals surface area contributed by atoms with Crippen molar-refractivity contribution in [2.45, 2.75) is 25.3 Å². The van der Waals surface area contributed by atoms with Crippen LogP contribution in [0.3, 0.4) is 0 Å². The van der Waals surface area contributed by atoms with Gasteiger partial charge in [-0.05, 0) is 78.4 Å². The van der Waals surface area contributed by atoms with Crippen LogP contribution < -0.4 is 0 Å². The Bertz CT molecular complexity index is 1150. The fourth-order valence-corrected chi connectivity index (χ4v) is 4.43. The van der Waals surface area contributed by atoms with Crippen LogP contribution in [0.5, 0.6) is 0 Å². The summed E-state index contributed by atoms with van der Waals surface area (Å²) in [4.78, 5) is 13.2. The molecule has 0 radical (unpaired) electrons. The van der Waals surface area contributed by atoms with E-state index in [2.05, 4.69) is 0 Å². The number of fused-ring (bicyclic) bond motifs is 1. The first-order chi connectivity index (χ1) is 15.1. The average Bonchev–Trinajstić information content (AvgIpc) is 3.44. The van der Waals surface area contributed by atoms with E-state index in [1.807, 2.05) is 6.08 Å². The molecule has 4 nitrogen and oxygen atoms in total. The molecule has 0 unspecified atom stereocenters. The Balaban J connectivity index is 1.57. The van der Waals surface area contributed by atoms with Crippen molar-refractivity contribution < 1.29 is 18.0 Å². The second kappa shape index (κ2) is 7.95. The third kappa shape index (κ3) is 3.69. The molecule has 5 rings (SSSR count). The number of amides is 1. The number of allylic oxidation sites excluding steroid dienone is 1. The fraction of sp³-hybridized carbons (Fsp3) is 0.200. The molecule has 0 bridgehead atoms. The predicted octanol–water partition coefficient (Wildman–Crippen LogP) is 5.99. The normalized spacial score (nSPS) is 21.8. The summed E-state index contributed by atoms with van der Waals surface area (Å²) in [6, 6.07) is 15.5. The van der Waals surface area contributed by atoms with Gasteiger partial charge in [0.25, 0.3) is 0 Å². The average molecular weight is 418 g/mol. The predicted molar refractivity (Wildman–Crippen MR) is 113 cm³/mol. The molecule has 2 atom stereocenters. The van der Waals surface area contributed by atoms with Crippen LogP contribution >= 0.6 is 0 Å². The molecule has 1 saturated carbocycles. The summed E-state index contributed by atoms with van der Waals surface area (Å²) < 4.78 is 32.2. The first-order valence-electron chi connectivity index (χ1n) is 10.3. The smallest absolute Gasteiger partial charge is 0.310 e. The van der Waals surface area contributed by atoms with E-state index in [4.69, 9.17) is 9.52 Å². The summed E-state index contributed by atoms with van der Waals surface area (Å²) in [7, 11) is 0. The lowest BCUT2D eigenvalue weighted by Gasteiger charge is -2.29. The van der Waals surface area contributed by atoms with E-state index in [-0.39, 0.29) is 35.3 Å². The van der Waals surface area contributed by atoms with Crippen molar-refractivity contribution in [2.24, 2.45) is 11.0 Å². The van der Waals surface area contributed by atoms with Crippen molar-refractivity contribution >= 4 is 17.7 Å². The topological polar surface area (TPSA) is 45.8 Å². The number of carbonyl (C=O) groups excluding carboxylic acids is 1. The second-order valence-corrected chi connectivity index (χ2v) is 7.83. The zero-order chi connectivity index (χ0) is 21.4. The molecule has 1 fully saturated rings. The Morgan fingerprint density at radius 2 is 1.74 bits per heavy atom. The number of carbonyl (C=O) groups is 1. The van der Waals surface area contributed by atoms with Crippen LogP contribution in [0.2, 0.25) is 0 Å². The minimum atomic E-state index is -0.342. The standard InChI is InChI=1S/C25H20F2N2O2/c26-19-10-6-16(7-11-19)15-18-3-1-4-21-23(18)28-29(25(30)22-5-2-14-31-22)24(21)17-8-12-20(27)13-9-17/h2,5-15,21,24H,1,3-4H2/b18-15+/t21-,24+/m0/s1. The van der Waals surface area contributed by atoms with E-state index in [1.165, 1.54) is 35.5 Å². The molecule has 1 aliphatic heterocycles. The van der Waals surface area contributed by atoms with E-state index < -0.39 is 0 Å². The van der Waals surface area contributed by atoms with E-state index >= 15 is 0 Å². The van der Waals surface area contributed by atoms with Gasteiger partial charge in [0.1, 0.15) is 11.6 Å². The van der Waals surface area contributed by atoms with Crippen molar-refractivity contribution in [3.05, 3.63) is 101 Å². The van der Waals surface area contributed by atoms with Crippen molar-refractivity contribution in [2.75, 3.05) is 0 Å². The largest absolute Gasteiger partial charge is 0.459 e. The van der Waals surface area contributed by atoms with Gasteiger partial charge in [0.2, 0.25) is 0 Å². The number of hydrogen-bond donors (Lipinski definition) is 0. The Hall–Kier alpha value is -3.54. The Morgan fingerprint density at radius 3 is 2.42 bits per heavy atom. The molecule has 3 aromatic rings. The van der Waals surface area contributed by atoms with Crippen molar-refractivity contribution in [3.63, 3.8) is 0 Å². The van der Waals surface area contributed by atoms with Gasteiger partial charge in [-0.2, -0.15) is 5.10 Å². The van der Waals surface area contributed by atoms with Gasteiger partial charge in [-0.25, -0.2) is 13.8 Å². The highest BCUT2D eigenvalue weighted by Gasteiger charge is 2.44. The molecule has 6 heteroatoms. The van der Waals surface area contributed by atoms with Crippen LogP contribution in [0.15, 0.2) is 82.0 Å². The first-order valence-corrected chi connectivity index (χ1v) is 10.3. The van der Waals surface area contributed by atoms with Crippen LogP contribution in [0.1, 0.15) is 47.0 Å². The van der Waals surface area contributed by atoms with Gasteiger partial charge in [-0.3, -0.25) is 4.79 Å². The number of hydrogen-bond acceptors (Lipinski definition) is 3. The van der Waals surface area contributed by atoms with Gasteiger partial charge in [-0.1, -0.05) is 24.3 Å². The highest BCUT2D eigenvalue weighted by Crippen LogP contribution is 2.45. The number of halogens is 2. The van der Waals surface area contributed by atoms with Crippen LogP contribution in [0, 0.1) is 17.6 Å². The van der Waals surface area contributed by atoms with Crippen LogP contribution in [-0.2, 0) is 0 Å². The van der Waals surface area contributed by atoms with Gasteiger partial charge >= 0.3 is 5.91 Å². The van der Waals surface area contributed by atoms with Gasteiger partial charge in [0.15, 0.2) is 5.76 Å². The number of furan rings is 1. The second-order valence-electron chi connectivity index (χ2n) is 7.83. The maximum atomic E-state index is 13.6. The Kier molecular flexibility index (Phi) is 4.98. The molecule has 1 aliphatic carbocycles. The minimum absolute atomic E-state index is 0.00942. The van der Waals surface area contributed by atoms with Crippen molar-refractivity contribution in [1.29, 1.82) is 0 Å². The summed E-state index contributed by atoms with van der Waals surface area (Å²) >= 11 is 0. The Morgan fingerprint density at radius 1 is 1.03 bits per heavy atom. The number of benzene rings is 2. The zero-order valence-corrected chi connectivity index (χ0v) is 16.7. The van der Waals surface area contributed by atoms with E-state index in [9.17, 15) is 13.6 Å². The molecule has 2 aromatic carbocycles. The fourth-order valence-electron chi connectivity index (χ4n) is 4.43. The molecule has 2 heterocycles.